The third-order valence-electron chi connectivity index (χ3n) is 5.90. The van der Waals surface area contributed by atoms with E-state index in [1.54, 1.807) is 0 Å². The van der Waals surface area contributed by atoms with Crippen molar-refractivity contribution < 1.29 is 4.79 Å². The Morgan fingerprint density at radius 2 is 1.68 bits per heavy atom. The molecule has 0 aromatic carbocycles. The Labute approximate surface area is 135 Å². The minimum atomic E-state index is 0.234. The number of piperazine rings is 1. The van der Waals surface area contributed by atoms with E-state index in [-0.39, 0.29) is 5.92 Å². The van der Waals surface area contributed by atoms with Crippen LogP contribution in [0.1, 0.15) is 33.1 Å². The minimum Gasteiger partial charge on any atom is -0.340 e. The van der Waals surface area contributed by atoms with Crippen molar-refractivity contribution in [1.82, 2.24) is 20.0 Å². The van der Waals surface area contributed by atoms with Crippen LogP contribution in [0.3, 0.4) is 0 Å². The first-order valence-corrected chi connectivity index (χ1v) is 9.12. The summed E-state index contributed by atoms with van der Waals surface area (Å²) in [6, 6.07) is 1.49. The molecule has 3 heterocycles. The molecular weight excluding hydrogens is 276 g/mol. The molecule has 0 unspecified atom stereocenters. The van der Waals surface area contributed by atoms with Gasteiger partial charge in [-0.1, -0.05) is 0 Å². The van der Waals surface area contributed by atoms with E-state index in [0.29, 0.717) is 5.91 Å². The fourth-order valence-electron chi connectivity index (χ4n) is 4.26. The lowest BCUT2D eigenvalue weighted by Crippen LogP contribution is -2.52. The fraction of sp³-hybridized carbons (Fsp3) is 0.941. The lowest BCUT2D eigenvalue weighted by Gasteiger charge is -2.37. The quantitative estimate of drug-likeness (QED) is 0.826. The number of carbonyl (C=O) groups is 1. The minimum absolute atomic E-state index is 0.234. The van der Waals surface area contributed by atoms with Crippen molar-refractivity contribution in [2.75, 3.05) is 52.4 Å². The van der Waals surface area contributed by atoms with E-state index < -0.39 is 0 Å². The zero-order valence-electron chi connectivity index (χ0n) is 14.3. The molecule has 0 aromatic rings. The number of hydrogen-bond donors (Lipinski definition) is 1. The summed E-state index contributed by atoms with van der Waals surface area (Å²) in [6.45, 7) is 12.9. The molecule has 0 aliphatic carbocycles. The molecule has 0 spiro atoms. The summed E-state index contributed by atoms with van der Waals surface area (Å²) >= 11 is 0. The molecule has 3 saturated heterocycles. The summed E-state index contributed by atoms with van der Waals surface area (Å²) in [5.74, 6) is 0.615. The Bertz CT molecular complexity index is 365. The van der Waals surface area contributed by atoms with E-state index in [0.717, 1.165) is 64.3 Å². The van der Waals surface area contributed by atoms with Crippen molar-refractivity contribution in [1.29, 1.82) is 0 Å². The lowest BCUT2D eigenvalue weighted by molar-refractivity contribution is -0.136. The molecule has 22 heavy (non-hydrogen) atoms. The van der Waals surface area contributed by atoms with E-state index in [1.807, 2.05) is 0 Å². The molecule has 1 amide bonds. The Morgan fingerprint density at radius 1 is 1.00 bits per heavy atom. The van der Waals surface area contributed by atoms with Gasteiger partial charge in [-0.15, -0.1) is 0 Å². The van der Waals surface area contributed by atoms with Crippen LogP contribution in [0, 0.1) is 5.92 Å². The first kappa shape index (κ1) is 16.2. The van der Waals surface area contributed by atoms with Crippen LogP contribution in [-0.4, -0.2) is 85.0 Å². The van der Waals surface area contributed by atoms with Gasteiger partial charge >= 0.3 is 0 Å². The highest BCUT2D eigenvalue weighted by Crippen LogP contribution is 2.23. The van der Waals surface area contributed by atoms with Crippen molar-refractivity contribution in [3.05, 3.63) is 0 Å². The van der Waals surface area contributed by atoms with Crippen molar-refractivity contribution in [3.8, 4) is 0 Å². The zero-order chi connectivity index (χ0) is 15.5. The van der Waals surface area contributed by atoms with Gasteiger partial charge < -0.3 is 10.2 Å². The van der Waals surface area contributed by atoms with Gasteiger partial charge in [-0.05, 0) is 39.7 Å². The Hall–Kier alpha value is -0.650. The van der Waals surface area contributed by atoms with Gasteiger partial charge in [0.05, 0.1) is 5.92 Å². The van der Waals surface area contributed by atoms with Crippen molar-refractivity contribution in [2.24, 2.45) is 5.92 Å². The molecule has 3 atom stereocenters. The predicted octanol–water partition coefficient (Wildman–Crippen LogP) is 0.613. The smallest absolute Gasteiger partial charge is 0.227 e. The van der Waals surface area contributed by atoms with Crippen LogP contribution >= 0.6 is 0 Å². The van der Waals surface area contributed by atoms with Gasteiger partial charge in [0.2, 0.25) is 5.91 Å². The molecule has 0 aromatic heterocycles. The van der Waals surface area contributed by atoms with Crippen molar-refractivity contribution >= 4 is 5.91 Å². The van der Waals surface area contributed by atoms with Gasteiger partial charge in [-0.2, -0.15) is 0 Å². The van der Waals surface area contributed by atoms with E-state index in [4.69, 9.17) is 0 Å². The standard InChI is InChI=1S/C17H32N4O/c1-14-3-4-15(2)21(14)12-9-19-7-10-20(11-8-19)17(22)16-5-6-18-13-16/h14-16,18H,3-13H2,1-2H3/t14-,15+,16-/m1/s1. The zero-order valence-corrected chi connectivity index (χ0v) is 14.3. The third-order valence-corrected chi connectivity index (χ3v) is 5.90. The molecule has 0 bridgehead atoms. The van der Waals surface area contributed by atoms with Crippen LogP contribution in [0.5, 0.6) is 0 Å². The van der Waals surface area contributed by atoms with Crippen LogP contribution in [0.4, 0.5) is 0 Å². The normalized spacial score (nSPS) is 34.5. The van der Waals surface area contributed by atoms with E-state index in [2.05, 4.69) is 33.9 Å². The average Bonchev–Trinajstić information content (AvgIpc) is 3.17. The summed E-state index contributed by atoms with van der Waals surface area (Å²) < 4.78 is 0. The Balaban J connectivity index is 1.39. The molecule has 5 heteroatoms. The first-order valence-electron chi connectivity index (χ1n) is 9.12. The summed E-state index contributed by atoms with van der Waals surface area (Å²) in [7, 11) is 0. The number of rotatable bonds is 4. The average molecular weight is 308 g/mol. The second kappa shape index (κ2) is 7.28. The van der Waals surface area contributed by atoms with E-state index >= 15 is 0 Å². The number of nitrogens with zero attached hydrogens (tertiary/aromatic N) is 3. The van der Waals surface area contributed by atoms with Crippen molar-refractivity contribution in [2.45, 2.75) is 45.2 Å². The number of nitrogens with one attached hydrogen (secondary N) is 1. The molecule has 126 valence electrons. The maximum Gasteiger partial charge on any atom is 0.227 e. The van der Waals surface area contributed by atoms with Gasteiger partial charge in [-0.25, -0.2) is 0 Å². The Morgan fingerprint density at radius 3 is 2.27 bits per heavy atom. The van der Waals surface area contributed by atoms with Gasteiger partial charge in [0.1, 0.15) is 0 Å². The maximum absolute atomic E-state index is 12.4. The number of likely N-dealkylation sites (tertiary alicyclic amines) is 1. The second-order valence-corrected chi connectivity index (χ2v) is 7.37. The highest BCUT2D eigenvalue weighted by Gasteiger charge is 2.30. The van der Waals surface area contributed by atoms with Gasteiger partial charge in [0, 0.05) is 57.9 Å². The van der Waals surface area contributed by atoms with Crippen LogP contribution in [-0.2, 0) is 4.79 Å². The van der Waals surface area contributed by atoms with Crippen LogP contribution in [0.2, 0.25) is 0 Å². The number of hydrogen-bond acceptors (Lipinski definition) is 4. The summed E-state index contributed by atoms with van der Waals surface area (Å²) in [4.78, 5) is 19.7. The third kappa shape index (κ3) is 3.63. The van der Waals surface area contributed by atoms with E-state index in [9.17, 15) is 4.79 Å². The molecule has 5 nitrogen and oxygen atoms in total. The fourth-order valence-corrected chi connectivity index (χ4v) is 4.26. The molecule has 0 saturated carbocycles. The monoisotopic (exact) mass is 308 g/mol. The van der Waals surface area contributed by atoms with Gasteiger partial charge in [0.15, 0.2) is 0 Å². The van der Waals surface area contributed by atoms with Crippen LogP contribution in [0.25, 0.3) is 0 Å². The van der Waals surface area contributed by atoms with Crippen molar-refractivity contribution in [3.63, 3.8) is 0 Å². The molecule has 1 N–H and O–H groups in total. The van der Waals surface area contributed by atoms with Gasteiger partial charge in [0.25, 0.3) is 0 Å². The topological polar surface area (TPSA) is 38.8 Å². The summed E-state index contributed by atoms with van der Waals surface area (Å²) in [5.41, 5.74) is 0. The molecule has 3 fully saturated rings. The second-order valence-electron chi connectivity index (χ2n) is 7.37. The lowest BCUT2D eigenvalue weighted by atomic mass is 10.1. The van der Waals surface area contributed by atoms with Gasteiger partial charge in [-0.3, -0.25) is 14.6 Å². The summed E-state index contributed by atoms with van der Waals surface area (Å²) in [6.07, 6.45) is 3.71. The largest absolute Gasteiger partial charge is 0.340 e. The maximum atomic E-state index is 12.4. The van der Waals surface area contributed by atoms with E-state index in [1.165, 1.54) is 19.4 Å². The molecule has 3 rings (SSSR count). The number of amides is 1. The highest BCUT2D eigenvalue weighted by molar-refractivity contribution is 5.79. The highest BCUT2D eigenvalue weighted by atomic mass is 16.2. The van der Waals surface area contributed by atoms with Crippen LogP contribution < -0.4 is 5.32 Å². The molecule has 0 radical (unpaired) electrons. The summed E-state index contributed by atoms with van der Waals surface area (Å²) in [5, 5.41) is 3.30. The Kier molecular flexibility index (Phi) is 5.37. The molecular formula is C17H32N4O. The molecule has 3 aliphatic rings. The molecule has 3 aliphatic heterocycles. The first-order chi connectivity index (χ1) is 10.6. The predicted molar refractivity (Wildman–Crippen MR) is 88.9 cm³/mol. The number of carbonyl (C=O) groups excluding carboxylic acids is 1. The van der Waals surface area contributed by atoms with Crippen LogP contribution in [0.15, 0.2) is 0 Å². The SMILES string of the molecule is C[C@@H]1CC[C@H](C)N1CCN1CCN(C(=O)[C@@H]2CCNC2)CC1.